The van der Waals surface area contributed by atoms with Crippen LogP contribution in [0.25, 0.3) is 0 Å². The summed E-state index contributed by atoms with van der Waals surface area (Å²) in [5.74, 6) is 0.0424. The second-order valence-electron chi connectivity index (χ2n) is 6.51. The zero-order valence-electron chi connectivity index (χ0n) is 13.6. The number of nitrogens with zero attached hydrogens (tertiary/aromatic N) is 3. The molecule has 1 saturated heterocycles. The zero-order valence-corrected chi connectivity index (χ0v) is 13.6. The SMILES string of the molecule is CC(C)(Cc1cccc(C#N)c1)OC(=O)N1CCC(C#N)CC1. The molecule has 1 aliphatic rings. The molecule has 120 valence electrons. The van der Waals surface area contributed by atoms with Crippen molar-refractivity contribution in [1.82, 2.24) is 4.90 Å². The van der Waals surface area contributed by atoms with Gasteiger partial charge in [-0.05, 0) is 44.4 Å². The lowest BCUT2D eigenvalue weighted by atomic mass is 9.97. The largest absolute Gasteiger partial charge is 0.443 e. The van der Waals surface area contributed by atoms with Crippen LogP contribution in [0.3, 0.4) is 0 Å². The predicted octanol–water partition coefficient (Wildman–Crippen LogP) is 3.25. The van der Waals surface area contributed by atoms with Crippen molar-refractivity contribution >= 4 is 6.09 Å². The van der Waals surface area contributed by atoms with Crippen molar-refractivity contribution in [3.63, 3.8) is 0 Å². The molecule has 5 nitrogen and oxygen atoms in total. The molecule has 0 saturated carbocycles. The number of hydrogen-bond donors (Lipinski definition) is 0. The highest BCUT2D eigenvalue weighted by molar-refractivity contribution is 5.68. The monoisotopic (exact) mass is 311 g/mol. The van der Waals surface area contributed by atoms with Crippen LogP contribution in [0.4, 0.5) is 4.79 Å². The molecule has 0 bridgehead atoms. The highest BCUT2D eigenvalue weighted by Crippen LogP contribution is 2.22. The minimum atomic E-state index is -0.656. The van der Waals surface area contributed by atoms with Crippen molar-refractivity contribution in [1.29, 1.82) is 10.5 Å². The summed E-state index contributed by atoms with van der Waals surface area (Å²) >= 11 is 0. The van der Waals surface area contributed by atoms with E-state index in [4.69, 9.17) is 15.3 Å². The third-order valence-electron chi connectivity index (χ3n) is 3.99. The first-order valence-electron chi connectivity index (χ1n) is 7.80. The first kappa shape index (κ1) is 16.8. The van der Waals surface area contributed by atoms with Crippen LogP contribution in [0, 0.1) is 28.6 Å². The van der Waals surface area contributed by atoms with Crippen LogP contribution in [-0.4, -0.2) is 29.7 Å². The Kier molecular flexibility index (Phi) is 5.24. The van der Waals surface area contributed by atoms with Crippen LogP contribution in [-0.2, 0) is 11.2 Å². The van der Waals surface area contributed by atoms with Gasteiger partial charge < -0.3 is 9.64 Å². The maximum absolute atomic E-state index is 12.3. The molecule has 23 heavy (non-hydrogen) atoms. The molecule has 1 aliphatic heterocycles. The topological polar surface area (TPSA) is 77.1 Å². The van der Waals surface area contributed by atoms with E-state index in [0.29, 0.717) is 37.9 Å². The quantitative estimate of drug-likeness (QED) is 0.858. The van der Waals surface area contributed by atoms with Crippen molar-refractivity contribution in [2.75, 3.05) is 13.1 Å². The summed E-state index contributed by atoms with van der Waals surface area (Å²) in [5.41, 5.74) is 0.908. The average molecular weight is 311 g/mol. The number of amides is 1. The Morgan fingerprint density at radius 3 is 2.65 bits per heavy atom. The minimum absolute atomic E-state index is 0.0424. The Balaban J connectivity index is 1.94. The lowest BCUT2D eigenvalue weighted by Gasteiger charge is -2.33. The predicted molar refractivity (Wildman–Crippen MR) is 85.3 cm³/mol. The second-order valence-corrected chi connectivity index (χ2v) is 6.51. The highest BCUT2D eigenvalue weighted by Gasteiger charge is 2.29. The van der Waals surface area contributed by atoms with E-state index in [1.54, 1.807) is 11.0 Å². The number of benzene rings is 1. The van der Waals surface area contributed by atoms with Crippen molar-refractivity contribution < 1.29 is 9.53 Å². The highest BCUT2D eigenvalue weighted by atomic mass is 16.6. The molecular weight excluding hydrogens is 290 g/mol. The lowest BCUT2D eigenvalue weighted by molar-refractivity contribution is 0.00939. The Bertz CT molecular complexity index is 647. The molecule has 0 aliphatic carbocycles. The number of nitriles is 2. The van der Waals surface area contributed by atoms with Gasteiger partial charge >= 0.3 is 6.09 Å². The summed E-state index contributed by atoms with van der Waals surface area (Å²) in [5, 5.41) is 17.9. The van der Waals surface area contributed by atoms with Crippen molar-refractivity contribution in [3.05, 3.63) is 35.4 Å². The average Bonchev–Trinajstić information content (AvgIpc) is 2.54. The first-order chi connectivity index (χ1) is 10.9. The molecule has 1 aromatic rings. The van der Waals surface area contributed by atoms with E-state index >= 15 is 0 Å². The first-order valence-corrected chi connectivity index (χ1v) is 7.80. The maximum Gasteiger partial charge on any atom is 0.410 e. The van der Waals surface area contributed by atoms with E-state index in [1.807, 2.05) is 32.0 Å². The van der Waals surface area contributed by atoms with Gasteiger partial charge in [0, 0.05) is 25.4 Å². The number of carbonyl (C=O) groups excluding carboxylic acids is 1. The molecule has 2 rings (SSSR count). The van der Waals surface area contributed by atoms with Crippen LogP contribution in [0.1, 0.15) is 37.8 Å². The molecule has 1 aromatic carbocycles. The van der Waals surface area contributed by atoms with Crippen LogP contribution in [0.2, 0.25) is 0 Å². The van der Waals surface area contributed by atoms with Crippen molar-refractivity contribution in [2.45, 2.75) is 38.7 Å². The van der Waals surface area contributed by atoms with Gasteiger partial charge in [-0.2, -0.15) is 10.5 Å². The molecule has 1 heterocycles. The molecule has 1 fully saturated rings. The van der Waals surface area contributed by atoms with Crippen LogP contribution in [0.15, 0.2) is 24.3 Å². The van der Waals surface area contributed by atoms with E-state index in [0.717, 1.165) is 5.56 Å². The van der Waals surface area contributed by atoms with Gasteiger partial charge in [0.1, 0.15) is 5.60 Å². The number of carbonyl (C=O) groups is 1. The molecular formula is C18H21N3O2. The van der Waals surface area contributed by atoms with Gasteiger partial charge in [-0.15, -0.1) is 0 Å². The van der Waals surface area contributed by atoms with Crippen molar-refractivity contribution in [2.24, 2.45) is 5.92 Å². The second kappa shape index (κ2) is 7.15. The standard InChI is InChI=1S/C18H21N3O2/c1-18(2,11-15-4-3-5-16(10-15)13-20)23-17(22)21-8-6-14(12-19)7-9-21/h3-5,10,14H,6-9,11H2,1-2H3. The van der Waals surface area contributed by atoms with E-state index in [-0.39, 0.29) is 12.0 Å². The zero-order chi connectivity index (χ0) is 16.9. The number of ether oxygens (including phenoxy) is 1. The van der Waals surface area contributed by atoms with Crippen LogP contribution >= 0.6 is 0 Å². The Hall–Kier alpha value is -2.53. The third-order valence-corrected chi connectivity index (χ3v) is 3.99. The third kappa shape index (κ3) is 4.72. The molecule has 5 heteroatoms. The number of likely N-dealkylation sites (tertiary alicyclic amines) is 1. The number of rotatable bonds is 3. The minimum Gasteiger partial charge on any atom is -0.443 e. The summed E-state index contributed by atoms with van der Waals surface area (Å²) in [4.78, 5) is 14.0. The van der Waals surface area contributed by atoms with Crippen LogP contribution < -0.4 is 0 Å². The Morgan fingerprint density at radius 1 is 1.35 bits per heavy atom. The normalized spacial score (nSPS) is 15.6. The summed E-state index contributed by atoms with van der Waals surface area (Å²) in [6.07, 6.45) is 1.62. The summed E-state index contributed by atoms with van der Waals surface area (Å²) in [6.45, 7) is 4.87. The van der Waals surface area contributed by atoms with E-state index in [2.05, 4.69) is 12.1 Å². The van der Waals surface area contributed by atoms with Gasteiger partial charge in [0.25, 0.3) is 0 Å². The Morgan fingerprint density at radius 2 is 2.04 bits per heavy atom. The fourth-order valence-electron chi connectivity index (χ4n) is 2.77. The van der Waals surface area contributed by atoms with E-state index in [1.165, 1.54) is 0 Å². The van der Waals surface area contributed by atoms with Crippen LogP contribution in [0.5, 0.6) is 0 Å². The summed E-state index contributed by atoms with van der Waals surface area (Å²) in [6, 6.07) is 11.7. The fourth-order valence-corrected chi connectivity index (χ4v) is 2.77. The molecule has 0 radical (unpaired) electrons. The van der Waals surface area contributed by atoms with Gasteiger partial charge in [0.15, 0.2) is 0 Å². The van der Waals surface area contributed by atoms with Gasteiger partial charge in [0.2, 0.25) is 0 Å². The fraction of sp³-hybridized carbons (Fsp3) is 0.500. The van der Waals surface area contributed by atoms with E-state index < -0.39 is 5.60 Å². The summed E-state index contributed by atoms with van der Waals surface area (Å²) in [7, 11) is 0. The van der Waals surface area contributed by atoms with Gasteiger partial charge in [-0.3, -0.25) is 0 Å². The van der Waals surface area contributed by atoms with Gasteiger partial charge in [0.05, 0.1) is 17.7 Å². The molecule has 0 atom stereocenters. The van der Waals surface area contributed by atoms with Gasteiger partial charge in [-0.1, -0.05) is 12.1 Å². The lowest BCUT2D eigenvalue weighted by Crippen LogP contribution is -2.43. The maximum atomic E-state index is 12.3. The number of hydrogen-bond acceptors (Lipinski definition) is 4. The molecule has 0 unspecified atom stereocenters. The van der Waals surface area contributed by atoms with E-state index in [9.17, 15) is 4.79 Å². The Labute approximate surface area is 137 Å². The smallest absolute Gasteiger partial charge is 0.410 e. The molecule has 1 amide bonds. The molecule has 0 spiro atoms. The van der Waals surface area contributed by atoms with Gasteiger partial charge in [-0.25, -0.2) is 4.79 Å². The summed E-state index contributed by atoms with van der Waals surface area (Å²) < 4.78 is 5.64. The molecule has 0 aromatic heterocycles. The van der Waals surface area contributed by atoms with Crippen molar-refractivity contribution in [3.8, 4) is 12.1 Å². The molecule has 0 N–H and O–H groups in total. The number of piperidine rings is 1.